The lowest BCUT2D eigenvalue weighted by Crippen LogP contribution is -2.28. The molecule has 1 aliphatic heterocycles. The summed E-state index contributed by atoms with van der Waals surface area (Å²) >= 11 is 0. The molecule has 1 fully saturated rings. The first-order valence-corrected chi connectivity index (χ1v) is 5.61. The highest BCUT2D eigenvalue weighted by Gasteiger charge is 2.23. The number of amides is 1. The number of hydrogen-bond acceptors (Lipinski definition) is 4. The number of hydrogen-bond donors (Lipinski definition) is 0. The zero-order valence-electron chi connectivity index (χ0n) is 10.2. The van der Waals surface area contributed by atoms with Crippen LogP contribution in [-0.4, -0.2) is 43.7 Å². The number of benzene rings is 1. The van der Waals surface area contributed by atoms with Gasteiger partial charge in [-0.3, -0.25) is 14.6 Å². The molecule has 5 nitrogen and oxygen atoms in total. The van der Waals surface area contributed by atoms with Gasteiger partial charge in [-0.15, -0.1) is 0 Å². The van der Waals surface area contributed by atoms with Crippen molar-refractivity contribution >= 4 is 24.6 Å². The summed E-state index contributed by atoms with van der Waals surface area (Å²) in [5.74, 6) is -0.143. The van der Waals surface area contributed by atoms with Crippen molar-refractivity contribution in [3.05, 3.63) is 28.8 Å². The van der Waals surface area contributed by atoms with E-state index in [0.29, 0.717) is 36.7 Å². The fourth-order valence-corrected chi connectivity index (χ4v) is 1.89. The zero-order valence-corrected chi connectivity index (χ0v) is 10.2. The van der Waals surface area contributed by atoms with Crippen LogP contribution in [-0.2, 0) is 4.74 Å². The molecule has 0 unspecified atom stereocenters. The minimum Gasteiger partial charge on any atom is -0.359 e. The second-order valence-electron chi connectivity index (χ2n) is 4.11. The molecule has 1 aromatic rings. The third-order valence-electron chi connectivity index (χ3n) is 2.95. The first-order chi connectivity index (χ1) is 8.67. The van der Waals surface area contributed by atoms with E-state index in [1.807, 2.05) is 0 Å². The number of ether oxygens (including phenoxy) is 1. The third-order valence-corrected chi connectivity index (χ3v) is 2.95. The Bertz CT molecular complexity index is 505. The highest BCUT2D eigenvalue weighted by atomic mass is 16.5. The summed E-state index contributed by atoms with van der Waals surface area (Å²) in [6.45, 7) is 6.64. The van der Waals surface area contributed by atoms with Crippen LogP contribution in [0.2, 0.25) is 0 Å². The number of rotatable bonds is 3. The van der Waals surface area contributed by atoms with E-state index in [2.05, 4.69) is 11.7 Å². The molecular weight excluding hydrogens is 232 g/mol. The van der Waals surface area contributed by atoms with Crippen LogP contribution in [0.1, 0.15) is 26.3 Å². The van der Waals surface area contributed by atoms with E-state index in [1.54, 1.807) is 24.0 Å². The van der Waals surface area contributed by atoms with Gasteiger partial charge >= 0.3 is 0 Å². The number of carbonyl (C=O) groups is 2. The number of nitrogens with zero attached hydrogens (tertiary/aromatic N) is 2. The fourth-order valence-electron chi connectivity index (χ4n) is 1.89. The molecule has 0 radical (unpaired) electrons. The molecule has 0 aromatic heterocycles. The summed E-state index contributed by atoms with van der Waals surface area (Å²) < 4.78 is 5.15. The Morgan fingerprint density at radius 1 is 1.56 bits per heavy atom. The largest absolute Gasteiger partial charge is 0.359 e. The minimum atomic E-state index is -0.143. The van der Waals surface area contributed by atoms with Crippen LogP contribution >= 0.6 is 0 Å². The standard InChI is InChI=1S/C13H14N2O3/c1-9-5-11(12(14-2)6-10(9)7-16)13(17)15-3-4-18-8-15/h5-7H,2-4,8H2,1H3. The van der Waals surface area contributed by atoms with Gasteiger partial charge < -0.3 is 9.64 Å². The van der Waals surface area contributed by atoms with Crippen LogP contribution in [0, 0.1) is 6.92 Å². The molecule has 5 heteroatoms. The van der Waals surface area contributed by atoms with Gasteiger partial charge in [0.25, 0.3) is 5.91 Å². The van der Waals surface area contributed by atoms with Gasteiger partial charge in [0.05, 0.1) is 17.9 Å². The Morgan fingerprint density at radius 3 is 2.89 bits per heavy atom. The first kappa shape index (κ1) is 12.4. The summed E-state index contributed by atoms with van der Waals surface area (Å²) in [5, 5.41) is 0. The van der Waals surface area contributed by atoms with Gasteiger partial charge in [-0.25, -0.2) is 0 Å². The summed E-state index contributed by atoms with van der Waals surface area (Å²) in [4.78, 5) is 28.5. The predicted molar refractivity (Wildman–Crippen MR) is 67.6 cm³/mol. The van der Waals surface area contributed by atoms with Gasteiger partial charge in [0.15, 0.2) is 0 Å². The van der Waals surface area contributed by atoms with Crippen molar-refractivity contribution in [3.63, 3.8) is 0 Å². The van der Waals surface area contributed by atoms with E-state index in [-0.39, 0.29) is 5.91 Å². The molecule has 0 N–H and O–H groups in total. The van der Waals surface area contributed by atoms with Gasteiger partial charge in [0.2, 0.25) is 0 Å². The third kappa shape index (κ3) is 2.17. The number of aliphatic imine (C=N–C) groups is 1. The van der Waals surface area contributed by atoms with E-state index in [0.717, 1.165) is 11.8 Å². The highest BCUT2D eigenvalue weighted by molar-refractivity contribution is 6.00. The number of aryl methyl sites for hydroxylation is 1. The minimum absolute atomic E-state index is 0.143. The lowest BCUT2D eigenvalue weighted by molar-refractivity contribution is 0.0695. The van der Waals surface area contributed by atoms with Crippen molar-refractivity contribution in [3.8, 4) is 0 Å². The maximum Gasteiger partial charge on any atom is 0.257 e. The van der Waals surface area contributed by atoms with E-state index >= 15 is 0 Å². The molecule has 2 rings (SSSR count). The van der Waals surface area contributed by atoms with E-state index in [9.17, 15) is 9.59 Å². The van der Waals surface area contributed by atoms with Gasteiger partial charge in [0, 0.05) is 12.1 Å². The van der Waals surface area contributed by atoms with Gasteiger partial charge in [-0.05, 0) is 31.3 Å². The quantitative estimate of drug-likeness (QED) is 0.601. The van der Waals surface area contributed by atoms with Crippen LogP contribution in [0.25, 0.3) is 0 Å². The Kier molecular flexibility index (Phi) is 3.53. The molecule has 0 aliphatic carbocycles. The molecule has 0 saturated carbocycles. The van der Waals surface area contributed by atoms with E-state index in [1.165, 1.54) is 0 Å². The van der Waals surface area contributed by atoms with Crippen LogP contribution in [0.5, 0.6) is 0 Å². The van der Waals surface area contributed by atoms with E-state index in [4.69, 9.17) is 4.74 Å². The van der Waals surface area contributed by atoms with Gasteiger partial charge in [-0.1, -0.05) is 0 Å². The molecule has 1 amide bonds. The van der Waals surface area contributed by atoms with E-state index < -0.39 is 0 Å². The summed E-state index contributed by atoms with van der Waals surface area (Å²) in [6, 6.07) is 3.26. The maximum atomic E-state index is 12.2. The van der Waals surface area contributed by atoms with Crippen LogP contribution in [0.15, 0.2) is 17.1 Å². The molecular formula is C13H14N2O3. The molecule has 1 aliphatic rings. The molecule has 1 heterocycles. The number of carbonyl (C=O) groups excluding carboxylic acids is 2. The average molecular weight is 246 g/mol. The summed E-state index contributed by atoms with van der Waals surface area (Å²) in [6.07, 6.45) is 0.747. The summed E-state index contributed by atoms with van der Waals surface area (Å²) in [5.41, 5.74) is 2.16. The molecule has 94 valence electrons. The van der Waals surface area contributed by atoms with Gasteiger partial charge in [0.1, 0.15) is 13.0 Å². The molecule has 0 atom stereocenters. The van der Waals surface area contributed by atoms with Gasteiger partial charge in [-0.2, -0.15) is 0 Å². The van der Waals surface area contributed by atoms with Crippen molar-refractivity contribution < 1.29 is 14.3 Å². The van der Waals surface area contributed by atoms with Crippen LogP contribution in [0.3, 0.4) is 0 Å². The molecule has 18 heavy (non-hydrogen) atoms. The molecule has 0 spiro atoms. The first-order valence-electron chi connectivity index (χ1n) is 5.61. The smallest absolute Gasteiger partial charge is 0.257 e. The van der Waals surface area contributed by atoms with Crippen molar-refractivity contribution in [1.29, 1.82) is 0 Å². The molecule has 0 bridgehead atoms. The second-order valence-corrected chi connectivity index (χ2v) is 4.11. The average Bonchev–Trinajstić information content (AvgIpc) is 2.91. The fraction of sp³-hybridized carbons (Fsp3) is 0.308. The topological polar surface area (TPSA) is 59.0 Å². The van der Waals surface area contributed by atoms with Crippen molar-refractivity contribution in [2.75, 3.05) is 19.9 Å². The van der Waals surface area contributed by atoms with Crippen molar-refractivity contribution in [2.24, 2.45) is 4.99 Å². The number of aldehydes is 1. The van der Waals surface area contributed by atoms with Crippen LogP contribution < -0.4 is 0 Å². The molecule has 1 saturated heterocycles. The Balaban J connectivity index is 2.42. The Morgan fingerprint density at radius 2 is 2.33 bits per heavy atom. The SMILES string of the molecule is C=Nc1cc(C=O)c(C)cc1C(=O)N1CCOC1. The maximum absolute atomic E-state index is 12.2. The Hall–Kier alpha value is -2.01. The lowest BCUT2D eigenvalue weighted by atomic mass is 10.0. The van der Waals surface area contributed by atoms with Crippen molar-refractivity contribution in [1.82, 2.24) is 4.90 Å². The second kappa shape index (κ2) is 5.10. The Labute approximate surface area is 105 Å². The van der Waals surface area contributed by atoms with Crippen LogP contribution in [0.4, 0.5) is 5.69 Å². The summed E-state index contributed by atoms with van der Waals surface area (Å²) in [7, 11) is 0. The monoisotopic (exact) mass is 246 g/mol. The predicted octanol–water partition coefficient (Wildman–Crippen LogP) is 1.57. The normalized spacial score (nSPS) is 14.6. The lowest BCUT2D eigenvalue weighted by Gasteiger charge is -2.15. The highest BCUT2D eigenvalue weighted by Crippen LogP contribution is 2.25. The van der Waals surface area contributed by atoms with Crippen molar-refractivity contribution in [2.45, 2.75) is 6.92 Å². The molecule has 1 aromatic carbocycles. The zero-order chi connectivity index (χ0) is 13.1.